The Balaban J connectivity index is 2.16. The van der Waals surface area contributed by atoms with Crippen LogP contribution in [0.15, 0.2) is 35.2 Å². The molecular weight excluding hydrogens is 312 g/mol. The predicted octanol–water partition coefficient (Wildman–Crippen LogP) is 2.96. The number of sulfonamides is 1. The number of aryl methyl sites for hydroxylation is 2. The number of aromatic nitrogens is 2. The van der Waals surface area contributed by atoms with Crippen LogP contribution in [0.1, 0.15) is 25.0 Å². The number of rotatable bonds is 6. The first-order valence-corrected chi connectivity index (χ1v) is 8.94. The Hall–Kier alpha value is -2.15. The summed E-state index contributed by atoms with van der Waals surface area (Å²) in [5.74, 6) is 1.30. The summed E-state index contributed by atoms with van der Waals surface area (Å²) in [6.07, 6.45) is 0. The Labute approximate surface area is 137 Å². The van der Waals surface area contributed by atoms with Crippen molar-refractivity contribution < 1.29 is 8.42 Å². The molecule has 6 nitrogen and oxygen atoms in total. The zero-order chi connectivity index (χ0) is 17.0. The molecule has 7 heteroatoms. The lowest BCUT2D eigenvalue weighted by Gasteiger charge is -2.11. The van der Waals surface area contributed by atoms with Gasteiger partial charge in [-0.3, -0.25) is 4.72 Å². The Kier molecular flexibility index (Phi) is 5.20. The highest BCUT2D eigenvalue weighted by Gasteiger charge is 2.17. The predicted molar refractivity (Wildman–Crippen MR) is 92.1 cm³/mol. The number of hydrogen-bond acceptors (Lipinski definition) is 5. The molecule has 1 heterocycles. The molecule has 124 valence electrons. The van der Waals surface area contributed by atoms with Gasteiger partial charge >= 0.3 is 0 Å². The molecular formula is C16H22N4O2S. The van der Waals surface area contributed by atoms with Crippen LogP contribution >= 0.6 is 0 Å². The van der Waals surface area contributed by atoms with Crippen molar-refractivity contribution in [3.8, 4) is 0 Å². The van der Waals surface area contributed by atoms with E-state index in [1.807, 2.05) is 13.0 Å². The molecule has 2 aromatic rings. The first-order chi connectivity index (χ1) is 10.8. The molecule has 1 aromatic carbocycles. The van der Waals surface area contributed by atoms with E-state index in [0.717, 1.165) is 12.1 Å². The van der Waals surface area contributed by atoms with Crippen molar-refractivity contribution >= 4 is 21.7 Å². The average molecular weight is 334 g/mol. The van der Waals surface area contributed by atoms with Gasteiger partial charge in [0, 0.05) is 6.54 Å². The molecule has 23 heavy (non-hydrogen) atoms. The van der Waals surface area contributed by atoms with Gasteiger partial charge in [-0.15, -0.1) is 10.2 Å². The van der Waals surface area contributed by atoms with Crippen molar-refractivity contribution in [2.75, 3.05) is 16.6 Å². The van der Waals surface area contributed by atoms with Gasteiger partial charge < -0.3 is 5.32 Å². The molecule has 0 fully saturated rings. The van der Waals surface area contributed by atoms with E-state index in [2.05, 4.69) is 34.1 Å². The molecule has 0 aliphatic carbocycles. The van der Waals surface area contributed by atoms with Crippen LogP contribution in [0, 0.1) is 19.8 Å². The zero-order valence-corrected chi connectivity index (χ0v) is 14.6. The summed E-state index contributed by atoms with van der Waals surface area (Å²) in [5, 5.41) is 11.0. The number of nitrogens with one attached hydrogen (secondary N) is 2. The summed E-state index contributed by atoms with van der Waals surface area (Å²) in [4.78, 5) is 0.251. The fraction of sp³-hybridized carbons (Fsp3) is 0.375. The molecule has 0 aliphatic heterocycles. The third-order valence-electron chi connectivity index (χ3n) is 3.23. The maximum atomic E-state index is 12.5. The Bertz CT molecular complexity index is 771. The molecule has 0 bridgehead atoms. The molecule has 0 amide bonds. The molecule has 0 atom stereocenters. The lowest BCUT2D eigenvalue weighted by Crippen LogP contribution is -2.16. The summed E-state index contributed by atoms with van der Waals surface area (Å²) >= 11 is 0. The Morgan fingerprint density at radius 3 is 2.30 bits per heavy atom. The van der Waals surface area contributed by atoms with Gasteiger partial charge in [-0.1, -0.05) is 26.0 Å². The van der Waals surface area contributed by atoms with E-state index in [1.165, 1.54) is 0 Å². The van der Waals surface area contributed by atoms with E-state index in [0.29, 0.717) is 17.3 Å². The van der Waals surface area contributed by atoms with Crippen LogP contribution in [0.2, 0.25) is 0 Å². The van der Waals surface area contributed by atoms with Crippen molar-refractivity contribution in [3.05, 3.63) is 41.5 Å². The zero-order valence-electron chi connectivity index (χ0n) is 13.8. The minimum absolute atomic E-state index is 0.195. The second kappa shape index (κ2) is 6.95. The molecule has 0 aliphatic rings. The minimum atomic E-state index is -3.68. The van der Waals surface area contributed by atoms with Gasteiger partial charge in [0.2, 0.25) is 0 Å². The van der Waals surface area contributed by atoms with E-state index in [4.69, 9.17) is 0 Å². The second-order valence-electron chi connectivity index (χ2n) is 5.95. The van der Waals surface area contributed by atoms with Gasteiger partial charge in [0.25, 0.3) is 10.0 Å². The van der Waals surface area contributed by atoms with Crippen molar-refractivity contribution in [2.24, 2.45) is 5.92 Å². The summed E-state index contributed by atoms with van der Waals surface area (Å²) in [6.45, 7) is 8.58. The van der Waals surface area contributed by atoms with Crippen molar-refractivity contribution in [3.63, 3.8) is 0 Å². The first kappa shape index (κ1) is 17.2. The molecule has 2 N–H and O–H groups in total. The fourth-order valence-electron chi connectivity index (χ4n) is 1.98. The van der Waals surface area contributed by atoms with E-state index in [1.54, 1.807) is 31.2 Å². The van der Waals surface area contributed by atoms with Crippen LogP contribution in [0.5, 0.6) is 0 Å². The standard InChI is InChI=1S/C16H22N4O2S/c1-11(2)10-17-15-7-8-16(19-18-15)20-23(21,22)14-9-12(3)5-6-13(14)4/h5-9,11H,10H2,1-4H3,(H,17,18)(H,19,20). The van der Waals surface area contributed by atoms with Crippen LogP contribution in [0.3, 0.4) is 0 Å². The summed E-state index contributed by atoms with van der Waals surface area (Å²) in [7, 11) is -3.68. The maximum absolute atomic E-state index is 12.5. The van der Waals surface area contributed by atoms with Gasteiger partial charge in [0.1, 0.15) is 5.82 Å². The lowest BCUT2D eigenvalue weighted by atomic mass is 10.2. The molecule has 2 rings (SSSR count). The average Bonchev–Trinajstić information content (AvgIpc) is 2.48. The SMILES string of the molecule is Cc1ccc(C)c(S(=O)(=O)Nc2ccc(NCC(C)C)nn2)c1. The molecule has 0 spiro atoms. The lowest BCUT2D eigenvalue weighted by molar-refractivity contribution is 0.600. The second-order valence-corrected chi connectivity index (χ2v) is 7.60. The van der Waals surface area contributed by atoms with Crippen LogP contribution in [0.25, 0.3) is 0 Å². The minimum Gasteiger partial charge on any atom is -0.368 e. The summed E-state index contributed by atoms with van der Waals surface area (Å²) < 4.78 is 27.4. The van der Waals surface area contributed by atoms with Crippen LogP contribution in [-0.4, -0.2) is 25.2 Å². The molecule has 0 unspecified atom stereocenters. The van der Waals surface area contributed by atoms with Gasteiger partial charge in [0.15, 0.2) is 5.82 Å². The third kappa shape index (κ3) is 4.66. The van der Waals surface area contributed by atoms with Crippen molar-refractivity contribution in [2.45, 2.75) is 32.6 Å². The molecule has 0 saturated carbocycles. The number of benzene rings is 1. The van der Waals surface area contributed by atoms with Gasteiger partial charge in [-0.2, -0.15) is 0 Å². The highest BCUT2D eigenvalue weighted by Crippen LogP contribution is 2.19. The van der Waals surface area contributed by atoms with Crippen LogP contribution < -0.4 is 10.0 Å². The highest BCUT2D eigenvalue weighted by atomic mass is 32.2. The number of nitrogens with zero attached hydrogens (tertiary/aromatic N) is 2. The van der Waals surface area contributed by atoms with Gasteiger partial charge in [0.05, 0.1) is 4.90 Å². The monoisotopic (exact) mass is 334 g/mol. The largest absolute Gasteiger partial charge is 0.368 e. The van der Waals surface area contributed by atoms with E-state index >= 15 is 0 Å². The molecule has 0 radical (unpaired) electrons. The van der Waals surface area contributed by atoms with E-state index in [-0.39, 0.29) is 10.7 Å². The van der Waals surface area contributed by atoms with Crippen LogP contribution in [-0.2, 0) is 10.0 Å². The fourth-order valence-corrected chi connectivity index (χ4v) is 3.31. The quantitative estimate of drug-likeness (QED) is 0.848. The number of hydrogen-bond donors (Lipinski definition) is 2. The molecule has 1 aromatic heterocycles. The van der Waals surface area contributed by atoms with E-state index < -0.39 is 10.0 Å². The summed E-state index contributed by atoms with van der Waals surface area (Å²) in [6, 6.07) is 8.61. The smallest absolute Gasteiger partial charge is 0.263 e. The Morgan fingerprint density at radius 1 is 1.04 bits per heavy atom. The molecule has 0 saturated heterocycles. The topological polar surface area (TPSA) is 84.0 Å². The summed E-state index contributed by atoms with van der Waals surface area (Å²) in [5.41, 5.74) is 1.57. The van der Waals surface area contributed by atoms with Crippen molar-refractivity contribution in [1.82, 2.24) is 10.2 Å². The first-order valence-electron chi connectivity index (χ1n) is 7.45. The van der Waals surface area contributed by atoms with Crippen molar-refractivity contribution in [1.29, 1.82) is 0 Å². The van der Waals surface area contributed by atoms with Gasteiger partial charge in [-0.05, 0) is 49.1 Å². The maximum Gasteiger partial charge on any atom is 0.263 e. The van der Waals surface area contributed by atoms with E-state index in [9.17, 15) is 8.42 Å². The third-order valence-corrected chi connectivity index (χ3v) is 4.72. The normalized spacial score (nSPS) is 11.5. The van der Waals surface area contributed by atoms with Crippen LogP contribution in [0.4, 0.5) is 11.6 Å². The number of anilines is 2. The Morgan fingerprint density at radius 2 is 1.70 bits per heavy atom. The highest BCUT2D eigenvalue weighted by molar-refractivity contribution is 7.92. The van der Waals surface area contributed by atoms with Gasteiger partial charge in [-0.25, -0.2) is 8.42 Å².